The van der Waals surface area contributed by atoms with Gasteiger partial charge in [-0.2, -0.15) is 4.98 Å². The summed E-state index contributed by atoms with van der Waals surface area (Å²) in [6, 6.07) is 6.05. The second-order valence-electron chi connectivity index (χ2n) is 4.31. The summed E-state index contributed by atoms with van der Waals surface area (Å²) in [6.45, 7) is 5.90. The Morgan fingerprint density at radius 3 is 2.39 bits per heavy atom. The molecule has 0 radical (unpaired) electrons. The molecule has 18 heavy (non-hydrogen) atoms. The molecule has 0 spiro atoms. The highest BCUT2D eigenvalue weighted by molar-refractivity contribution is 6.17. The highest BCUT2D eigenvalue weighted by Crippen LogP contribution is 2.25. The summed E-state index contributed by atoms with van der Waals surface area (Å²) in [4.78, 5) is 8.39. The number of rotatable bonds is 3. The van der Waals surface area contributed by atoms with Gasteiger partial charge in [0.15, 0.2) is 0 Å². The number of aromatic nitrogens is 2. The molecule has 1 aromatic heterocycles. The topological polar surface area (TPSA) is 35.0 Å². The first-order chi connectivity index (χ1) is 8.58. The van der Waals surface area contributed by atoms with Crippen LogP contribution in [0.4, 0.5) is 0 Å². The fourth-order valence-corrected chi connectivity index (χ4v) is 1.94. The smallest absolute Gasteiger partial charge is 0.226 e. The summed E-state index contributed by atoms with van der Waals surface area (Å²) in [5.41, 5.74) is 3.10. The van der Waals surface area contributed by atoms with E-state index < -0.39 is 0 Å². The van der Waals surface area contributed by atoms with Crippen molar-refractivity contribution < 1.29 is 4.74 Å². The van der Waals surface area contributed by atoms with Gasteiger partial charge in [-0.1, -0.05) is 6.07 Å². The third kappa shape index (κ3) is 2.99. The van der Waals surface area contributed by atoms with E-state index in [-0.39, 0.29) is 0 Å². The van der Waals surface area contributed by atoms with Crippen molar-refractivity contribution in [2.24, 2.45) is 0 Å². The first kappa shape index (κ1) is 12.8. The average Bonchev–Trinajstić information content (AvgIpc) is 2.27. The van der Waals surface area contributed by atoms with E-state index in [4.69, 9.17) is 16.3 Å². The molecule has 1 aromatic carbocycles. The zero-order chi connectivity index (χ0) is 13.1. The second kappa shape index (κ2) is 5.36. The number of hydrogen-bond acceptors (Lipinski definition) is 3. The van der Waals surface area contributed by atoms with Crippen molar-refractivity contribution in [3.05, 3.63) is 46.9 Å². The molecule has 0 unspecified atom stereocenters. The Morgan fingerprint density at radius 2 is 1.78 bits per heavy atom. The highest BCUT2D eigenvalue weighted by Gasteiger charge is 2.08. The summed E-state index contributed by atoms with van der Waals surface area (Å²) < 4.78 is 5.81. The molecule has 0 fully saturated rings. The van der Waals surface area contributed by atoms with Crippen LogP contribution in [-0.2, 0) is 5.88 Å². The van der Waals surface area contributed by atoms with E-state index in [1.807, 2.05) is 32.9 Å². The van der Waals surface area contributed by atoms with Gasteiger partial charge in [-0.05, 0) is 44.0 Å². The summed E-state index contributed by atoms with van der Waals surface area (Å²) >= 11 is 5.85. The highest BCUT2D eigenvalue weighted by atomic mass is 35.5. The molecule has 4 heteroatoms. The molecule has 1 heterocycles. The Morgan fingerprint density at radius 1 is 1.11 bits per heavy atom. The maximum absolute atomic E-state index is 5.85. The van der Waals surface area contributed by atoms with Crippen LogP contribution in [-0.4, -0.2) is 9.97 Å². The van der Waals surface area contributed by atoms with Gasteiger partial charge >= 0.3 is 0 Å². The quantitative estimate of drug-likeness (QED) is 0.786. The van der Waals surface area contributed by atoms with Crippen LogP contribution < -0.4 is 4.74 Å². The zero-order valence-electron chi connectivity index (χ0n) is 10.7. The fraction of sp³-hybridized carbons (Fsp3) is 0.286. The monoisotopic (exact) mass is 262 g/mol. The lowest BCUT2D eigenvalue weighted by Gasteiger charge is -2.10. The second-order valence-corrected chi connectivity index (χ2v) is 4.57. The zero-order valence-corrected chi connectivity index (χ0v) is 11.5. The molecule has 0 aliphatic carbocycles. The van der Waals surface area contributed by atoms with E-state index in [1.54, 1.807) is 6.20 Å². The molecule has 94 valence electrons. The van der Waals surface area contributed by atoms with Crippen LogP contribution in [0, 0.1) is 20.8 Å². The van der Waals surface area contributed by atoms with E-state index in [0.29, 0.717) is 17.6 Å². The number of alkyl halides is 1. The van der Waals surface area contributed by atoms with Crippen molar-refractivity contribution in [3.63, 3.8) is 0 Å². The van der Waals surface area contributed by atoms with E-state index in [9.17, 15) is 0 Å². The number of nitrogens with zero attached hydrogens (tertiary/aromatic N) is 2. The molecule has 0 atom stereocenters. The number of ether oxygens (including phenoxy) is 1. The molecule has 0 amide bonds. The number of hydrogen-bond donors (Lipinski definition) is 0. The Hall–Kier alpha value is -1.61. The van der Waals surface area contributed by atoms with Crippen LogP contribution >= 0.6 is 11.6 Å². The van der Waals surface area contributed by atoms with Crippen molar-refractivity contribution in [1.29, 1.82) is 0 Å². The third-order valence-electron chi connectivity index (χ3n) is 2.50. The van der Waals surface area contributed by atoms with Gasteiger partial charge in [-0.3, -0.25) is 0 Å². The molecule has 0 aliphatic heterocycles. The van der Waals surface area contributed by atoms with Gasteiger partial charge in [-0.25, -0.2) is 4.98 Å². The molecule has 0 aliphatic rings. The van der Waals surface area contributed by atoms with E-state index in [0.717, 1.165) is 22.4 Å². The van der Waals surface area contributed by atoms with Gasteiger partial charge in [0.2, 0.25) is 5.88 Å². The SMILES string of the molecule is Cc1cc(C)cc(Oc2nc(C)ncc2CCl)c1. The maximum atomic E-state index is 5.85. The summed E-state index contributed by atoms with van der Waals surface area (Å²) in [5.74, 6) is 2.31. The predicted molar refractivity (Wildman–Crippen MR) is 72.3 cm³/mol. The van der Waals surface area contributed by atoms with Crippen LogP contribution in [0.25, 0.3) is 0 Å². The lowest BCUT2D eigenvalue weighted by atomic mass is 10.1. The normalized spacial score (nSPS) is 10.4. The summed E-state index contributed by atoms with van der Waals surface area (Å²) in [5, 5.41) is 0. The van der Waals surface area contributed by atoms with Crippen molar-refractivity contribution in [2.45, 2.75) is 26.7 Å². The summed E-state index contributed by atoms with van der Waals surface area (Å²) in [6.07, 6.45) is 1.70. The first-order valence-electron chi connectivity index (χ1n) is 5.73. The molecule has 0 bridgehead atoms. The van der Waals surface area contributed by atoms with Crippen LogP contribution in [0.15, 0.2) is 24.4 Å². The molecule has 2 rings (SSSR count). The molecule has 0 saturated carbocycles. The minimum absolute atomic E-state index is 0.334. The minimum atomic E-state index is 0.334. The largest absolute Gasteiger partial charge is 0.439 e. The fourth-order valence-electron chi connectivity index (χ4n) is 1.76. The summed E-state index contributed by atoms with van der Waals surface area (Å²) in [7, 11) is 0. The van der Waals surface area contributed by atoms with E-state index in [2.05, 4.69) is 16.0 Å². The predicted octanol–water partition coefficient (Wildman–Crippen LogP) is 3.93. The van der Waals surface area contributed by atoms with Gasteiger partial charge in [0, 0.05) is 11.8 Å². The van der Waals surface area contributed by atoms with Crippen LogP contribution in [0.1, 0.15) is 22.5 Å². The Kier molecular flexibility index (Phi) is 3.82. The van der Waals surface area contributed by atoms with Gasteiger partial charge < -0.3 is 4.74 Å². The third-order valence-corrected chi connectivity index (χ3v) is 2.79. The number of halogens is 1. The maximum Gasteiger partial charge on any atom is 0.226 e. The Balaban J connectivity index is 2.35. The van der Waals surface area contributed by atoms with Crippen LogP contribution in [0.2, 0.25) is 0 Å². The van der Waals surface area contributed by atoms with Crippen molar-refractivity contribution >= 4 is 11.6 Å². The van der Waals surface area contributed by atoms with E-state index >= 15 is 0 Å². The lowest BCUT2D eigenvalue weighted by molar-refractivity contribution is 0.454. The van der Waals surface area contributed by atoms with Crippen molar-refractivity contribution in [3.8, 4) is 11.6 Å². The van der Waals surface area contributed by atoms with Crippen LogP contribution in [0.3, 0.4) is 0 Å². The van der Waals surface area contributed by atoms with Crippen molar-refractivity contribution in [1.82, 2.24) is 9.97 Å². The number of benzene rings is 1. The molecular weight excluding hydrogens is 248 g/mol. The Labute approximate surface area is 112 Å². The Bertz CT molecular complexity index is 549. The van der Waals surface area contributed by atoms with Gasteiger partial charge in [0.05, 0.1) is 5.88 Å². The average molecular weight is 263 g/mol. The molecule has 0 N–H and O–H groups in total. The van der Waals surface area contributed by atoms with Crippen molar-refractivity contribution in [2.75, 3.05) is 0 Å². The van der Waals surface area contributed by atoms with Gasteiger partial charge in [-0.15, -0.1) is 11.6 Å². The minimum Gasteiger partial charge on any atom is -0.439 e. The van der Waals surface area contributed by atoms with Gasteiger partial charge in [0.1, 0.15) is 11.6 Å². The first-order valence-corrected chi connectivity index (χ1v) is 6.26. The van der Waals surface area contributed by atoms with Gasteiger partial charge in [0.25, 0.3) is 0 Å². The van der Waals surface area contributed by atoms with E-state index in [1.165, 1.54) is 0 Å². The number of aryl methyl sites for hydroxylation is 3. The molecular formula is C14H15ClN2O. The van der Waals surface area contributed by atoms with Crippen LogP contribution in [0.5, 0.6) is 11.6 Å². The molecule has 2 aromatic rings. The lowest BCUT2D eigenvalue weighted by Crippen LogP contribution is -1.97. The molecule has 0 saturated heterocycles. The standard InChI is InChI=1S/C14H15ClN2O/c1-9-4-10(2)6-13(5-9)18-14-12(7-15)8-16-11(3)17-14/h4-6,8H,7H2,1-3H3. The molecule has 3 nitrogen and oxygen atoms in total.